The lowest BCUT2D eigenvalue weighted by Crippen LogP contribution is -2.39. The third kappa shape index (κ3) is 3.03. The number of alkyl halides is 3. The summed E-state index contributed by atoms with van der Waals surface area (Å²) in [6, 6.07) is 2.76. The van der Waals surface area contributed by atoms with E-state index in [1.165, 1.54) is 12.1 Å². The van der Waals surface area contributed by atoms with E-state index in [1.54, 1.807) is 13.8 Å². The van der Waals surface area contributed by atoms with Crippen LogP contribution in [0.2, 0.25) is 0 Å². The van der Waals surface area contributed by atoms with Gasteiger partial charge in [0.2, 0.25) is 0 Å². The second-order valence-corrected chi connectivity index (χ2v) is 4.78. The zero-order valence-electron chi connectivity index (χ0n) is 11.6. The van der Waals surface area contributed by atoms with Crippen molar-refractivity contribution < 1.29 is 23.0 Å². The molecule has 1 aromatic carbocycles. The van der Waals surface area contributed by atoms with Gasteiger partial charge >= 0.3 is 6.18 Å². The molecular formula is C14H19F3O2. The molecule has 0 spiro atoms. The van der Waals surface area contributed by atoms with Gasteiger partial charge in [-0.3, -0.25) is 0 Å². The van der Waals surface area contributed by atoms with Gasteiger partial charge in [-0.2, -0.15) is 13.2 Å². The van der Waals surface area contributed by atoms with Gasteiger partial charge in [-0.25, -0.2) is 0 Å². The maximum atomic E-state index is 12.9. The lowest BCUT2D eigenvalue weighted by Gasteiger charge is -2.29. The minimum atomic E-state index is -4.71. The Balaban J connectivity index is 3.23. The van der Waals surface area contributed by atoms with E-state index in [1.807, 2.05) is 6.92 Å². The topological polar surface area (TPSA) is 29.5 Å². The number of hydrogen-bond donors (Lipinski definition) is 1. The molecule has 1 aromatic rings. The van der Waals surface area contributed by atoms with E-state index in [0.29, 0.717) is 23.5 Å². The van der Waals surface area contributed by atoms with Gasteiger partial charge in [0.25, 0.3) is 0 Å². The predicted octanol–water partition coefficient (Wildman–Crippen LogP) is 3.86. The van der Waals surface area contributed by atoms with Crippen LogP contribution in [0.5, 0.6) is 5.75 Å². The van der Waals surface area contributed by atoms with Crippen LogP contribution in [-0.2, 0) is 5.60 Å². The fourth-order valence-electron chi connectivity index (χ4n) is 1.84. The molecule has 0 aromatic heterocycles. The smallest absolute Gasteiger partial charge is 0.421 e. The molecule has 5 heteroatoms. The summed E-state index contributed by atoms with van der Waals surface area (Å²) in [6.07, 6.45) is -3.89. The zero-order chi connectivity index (χ0) is 14.8. The van der Waals surface area contributed by atoms with Crippen LogP contribution < -0.4 is 4.74 Å². The van der Waals surface area contributed by atoms with Crippen LogP contribution >= 0.6 is 0 Å². The van der Waals surface area contributed by atoms with Crippen molar-refractivity contribution in [3.8, 4) is 5.75 Å². The Morgan fingerprint density at radius 2 is 1.74 bits per heavy atom. The molecule has 0 amide bonds. The number of halogens is 3. The molecule has 1 atom stereocenters. The Bertz CT molecular complexity index is 451. The number of hydrogen-bond acceptors (Lipinski definition) is 2. The number of rotatable bonds is 4. The van der Waals surface area contributed by atoms with Crippen LogP contribution in [0.1, 0.15) is 37.0 Å². The average Bonchev–Trinajstić information content (AvgIpc) is 2.29. The Morgan fingerprint density at radius 3 is 2.21 bits per heavy atom. The average molecular weight is 276 g/mol. The number of benzene rings is 1. The third-order valence-corrected chi connectivity index (χ3v) is 3.28. The lowest BCUT2D eigenvalue weighted by atomic mass is 9.89. The van der Waals surface area contributed by atoms with Crippen molar-refractivity contribution >= 4 is 0 Å². The molecule has 1 unspecified atom stereocenters. The molecule has 0 aliphatic carbocycles. The van der Waals surface area contributed by atoms with E-state index < -0.39 is 11.8 Å². The summed E-state index contributed by atoms with van der Waals surface area (Å²) in [4.78, 5) is 0. The SMILES string of the molecule is CCCOc1ccc(C(C)(O)C(F)(F)F)c(C)c1C. The summed E-state index contributed by atoms with van der Waals surface area (Å²) in [5, 5.41) is 9.73. The van der Waals surface area contributed by atoms with Gasteiger partial charge in [0.05, 0.1) is 6.61 Å². The van der Waals surface area contributed by atoms with E-state index in [9.17, 15) is 18.3 Å². The van der Waals surface area contributed by atoms with Crippen LogP contribution in [0.3, 0.4) is 0 Å². The highest BCUT2D eigenvalue weighted by Crippen LogP contribution is 2.41. The van der Waals surface area contributed by atoms with Gasteiger partial charge in [0.1, 0.15) is 5.75 Å². The normalized spacial score (nSPS) is 15.2. The summed E-state index contributed by atoms with van der Waals surface area (Å²) in [7, 11) is 0. The number of ether oxygens (including phenoxy) is 1. The molecule has 1 rings (SSSR count). The van der Waals surface area contributed by atoms with Crippen molar-refractivity contribution in [2.75, 3.05) is 6.61 Å². The first-order valence-corrected chi connectivity index (χ1v) is 6.15. The van der Waals surface area contributed by atoms with E-state index >= 15 is 0 Å². The second kappa shape index (κ2) is 5.41. The lowest BCUT2D eigenvalue weighted by molar-refractivity contribution is -0.259. The monoisotopic (exact) mass is 276 g/mol. The van der Waals surface area contributed by atoms with Crippen molar-refractivity contribution in [1.29, 1.82) is 0 Å². The van der Waals surface area contributed by atoms with Crippen molar-refractivity contribution in [3.63, 3.8) is 0 Å². The third-order valence-electron chi connectivity index (χ3n) is 3.28. The highest BCUT2D eigenvalue weighted by Gasteiger charge is 2.51. The van der Waals surface area contributed by atoms with Crippen LogP contribution in [-0.4, -0.2) is 17.9 Å². The fourth-order valence-corrected chi connectivity index (χ4v) is 1.84. The highest BCUT2D eigenvalue weighted by molar-refractivity contribution is 5.46. The Morgan fingerprint density at radius 1 is 1.16 bits per heavy atom. The van der Waals surface area contributed by atoms with E-state index in [4.69, 9.17) is 4.74 Å². The summed E-state index contributed by atoms with van der Waals surface area (Å²) >= 11 is 0. The van der Waals surface area contributed by atoms with Gasteiger partial charge < -0.3 is 9.84 Å². The predicted molar refractivity (Wildman–Crippen MR) is 67.3 cm³/mol. The van der Waals surface area contributed by atoms with Gasteiger partial charge in [0.15, 0.2) is 5.60 Å². The number of aliphatic hydroxyl groups is 1. The van der Waals surface area contributed by atoms with E-state index in [2.05, 4.69) is 0 Å². The van der Waals surface area contributed by atoms with Crippen LogP contribution in [0, 0.1) is 13.8 Å². The standard InChI is InChI=1S/C14H19F3O2/c1-5-8-19-12-7-6-11(9(2)10(12)3)13(4,18)14(15,16)17/h6-7,18H,5,8H2,1-4H3. The Kier molecular flexibility index (Phi) is 4.50. The molecule has 0 radical (unpaired) electrons. The molecule has 0 heterocycles. The highest BCUT2D eigenvalue weighted by atomic mass is 19.4. The quantitative estimate of drug-likeness (QED) is 0.904. The van der Waals surface area contributed by atoms with Crippen LogP contribution in [0.15, 0.2) is 12.1 Å². The molecule has 0 saturated carbocycles. The zero-order valence-corrected chi connectivity index (χ0v) is 11.6. The van der Waals surface area contributed by atoms with Crippen molar-refractivity contribution in [1.82, 2.24) is 0 Å². The largest absolute Gasteiger partial charge is 0.493 e. The Labute approximate surface area is 111 Å². The van der Waals surface area contributed by atoms with Crippen molar-refractivity contribution in [2.24, 2.45) is 0 Å². The minimum absolute atomic E-state index is 0.138. The van der Waals surface area contributed by atoms with Gasteiger partial charge in [0, 0.05) is 0 Å². The molecule has 0 aliphatic rings. The second-order valence-electron chi connectivity index (χ2n) is 4.78. The molecule has 2 nitrogen and oxygen atoms in total. The van der Waals surface area contributed by atoms with Gasteiger partial charge in [-0.05, 0) is 49.9 Å². The summed E-state index contributed by atoms with van der Waals surface area (Å²) in [5.74, 6) is 0.557. The summed E-state index contributed by atoms with van der Waals surface area (Å²) in [5.41, 5.74) is -1.97. The first-order valence-electron chi connectivity index (χ1n) is 6.15. The van der Waals surface area contributed by atoms with E-state index in [0.717, 1.165) is 13.3 Å². The summed E-state index contributed by atoms with van der Waals surface area (Å²) in [6.45, 7) is 6.47. The van der Waals surface area contributed by atoms with Gasteiger partial charge in [-0.1, -0.05) is 13.0 Å². The fraction of sp³-hybridized carbons (Fsp3) is 0.571. The summed E-state index contributed by atoms with van der Waals surface area (Å²) < 4.78 is 44.0. The maximum Gasteiger partial charge on any atom is 0.421 e. The molecule has 1 N–H and O–H groups in total. The van der Waals surface area contributed by atoms with Crippen molar-refractivity contribution in [3.05, 3.63) is 28.8 Å². The molecular weight excluding hydrogens is 257 g/mol. The molecule has 19 heavy (non-hydrogen) atoms. The molecule has 0 saturated heterocycles. The molecule has 0 aliphatic heterocycles. The van der Waals surface area contributed by atoms with E-state index in [-0.39, 0.29) is 5.56 Å². The maximum absolute atomic E-state index is 12.9. The minimum Gasteiger partial charge on any atom is -0.493 e. The van der Waals surface area contributed by atoms with Gasteiger partial charge in [-0.15, -0.1) is 0 Å². The Hall–Kier alpha value is -1.23. The first kappa shape index (κ1) is 15.8. The molecule has 0 fully saturated rings. The van der Waals surface area contributed by atoms with Crippen LogP contribution in [0.25, 0.3) is 0 Å². The van der Waals surface area contributed by atoms with Crippen molar-refractivity contribution in [2.45, 2.75) is 45.9 Å². The van der Waals surface area contributed by atoms with Crippen LogP contribution in [0.4, 0.5) is 13.2 Å². The first-order chi connectivity index (χ1) is 8.63. The molecule has 108 valence electrons. The molecule has 0 bridgehead atoms.